The van der Waals surface area contributed by atoms with E-state index in [0.717, 1.165) is 71.3 Å². The lowest BCUT2D eigenvalue weighted by Crippen LogP contribution is -2.20. The summed E-state index contributed by atoms with van der Waals surface area (Å²) >= 11 is 0. The summed E-state index contributed by atoms with van der Waals surface area (Å²) in [5.74, 6) is 2.14. The standard InChI is InChI=1S/C26H30N8O/c1-15-16(2)29-26-24(28-15)23(20-14-33-9-4-3-5-22(33)30-20)31-25(32-26)17-8-10-35-21(11-17)18-12-27-34(13-18)19-6-7-19/h12-14,17,19,21H,3-11H2,1-2H3/t17-,21-/m0/s1. The average molecular weight is 471 g/mol. The number of hydrogen-bond acceptors (Lipinski definition) is 7. The van der Waals surface area contributed by atoms with E-state index in [0.29, 0.717) is 18.3 Å². The van der Waals surface area contributed by atoms with Crippen molar-refractivity contribution in [1.29, 1.82) is 0 Å². The minimum Gasteiger partial charge on any atom is -0.373 e. The molecule has 2 aliphatic heterocycles. The lowest BCUT2D eigenvalue weighted by atomic mass is 9.92. The fourth-order valence-electron chi connectivity index (χ4n) is 5.34. The molecule has 4 aromatic heterocycles. The van der Waals surface area contributed by atoms with Crippen molar-refractivity contribution in [3.8, 4) is 11.4 Å². The molecular weight excluding hydrogens is 440 g/mol. The summed E-state index contributed by atoms with van der Waals surface area (Å²) in [6.07, 6.45) is 13.8. The van der Waals surface area contributed by atoms with Gasteiger partial charge in [0, 0.05) is 43.4 Å². The van der Waals surface area contributed by atoms with Gasteiger partial charge in [0.2, 0.25) is 0 Å². The van der Waals surface area contributed by atoms with Gasteiger partial charge in [-0.25, -0.2) is 24.9 Å². The van der Waals surface area contributed by atoms with Gasteiger partial charge in [0.05, 0.1) is 29.7 Å². The second-order valence-corrected chi connectivity index (χ2v) is 10.3. The SMILES string of the molecule is Cc1nc2nc([C@H]3CCO[C@H](c4cnn(C5CC5)c4)C3)nc(-c3cn4c(n3)CCCC4)c2nc1C. The Hall–Kier alpha value is -3.20. The zero-order chi connectivity index (χ0) is 23.5. The van der Waals surface area contributed by atoms with Gasteiger partial charge in [-0.3, -0.25) is 4.68 Å². The van der Waals surface area contributed by atoms with Gasteiger partial charge in [-0.05, 0) is 52.4 Å². The van der Waals surface area contributed by atoms with Crippen LogP contribution in [-0.4, -0.2) is 45.9 Å². The quantitative estimate of drug-likeness (QED) is 0.436. The smallest absolute Gasteiger partial charge is 0.182 e. The minimum absolute atomic E-state index is 0.00903. The second kappa shape index (κ2) is 8.19. The second-order valence-electron chi connectivity index (χ2n) is 10.3. The number of fused-ring (bicyclic) bond motifs is 2. The van der Waals surface area contributed by atoms with Crippen LogP contribution in [0.1, 0.15) is 85.2 Å². The molecule has 0 aromatic carbocycles. The molecular formula is C26H30N8O. The number of ether oxygens (including phenoxy) is 1. The monoisotopic (exact) mass is 470 g/mol. The topological polar surface area (TPSA) is 96.4 Å². The Morgan fingerprint density at radius 1 is 0.943 bits per heavy atom. The van der Waals surface area contributed by atoms with Crippen molar-refractivity contribution in [1.82, 2.24) is 39.3 Å². The number of nitrogens with zero attached hydrogens (tertiary/aromatic N) is 8. The summed E-state index contributed by atoms with van der Waals surface area (Å²) in [6.45, 7) is 5.67. The molecule has 0 amide bonds. The van der Waals surface area contributed by atoms with Gasteiger partial charge in [0.1, 0.15) is 28.6 Å². The Bertz CT molecular complexity index is 1390. The van der Waals surface area contributed by atoms with E-state index >= 15 is 0 Å². The molecule has 0 unspecified atom stereocenters. The van der Waals surface area contributed by atoms with Crippen LogP contribution >= 0.6 is 0 Å². The van der Waals surface area contributed by atoms with Crippen LogP contribution in [0, 0.1) is 13.8 Å². The van der Waals surface area contributed by atoms with Crippen LogP contribution < -0.4 is 0 Å². The summed E-state index contributed by atoms with van der Waals surface area (Å²) in [5.41, 5.74) is 6.02. The maximum Gasteiger partial charge on any atom is 0.182 e. The van der Waals surface area contributed by atoms with Crippen LogP contribution in [-0.2, 0) is 17.7 Å². The normalized spacial score (nSPS) is 22.5. The fraction of sp³-hybridized carbons (Fsp3) is 0.538. The van der Waals surface area contributed by atoms with E-state index in [-0.39, 0.29) is 12.0 Å². The van der Waals surface area contributed by atoms with Crippen LogP contribution in [0.15, 0.2) is 18.6 Å². The first-order valence-electron chi connectivity index (χ1n) is 12.9. The van der Waals surface area contributed by atoms with Gasteiger partial charge in [-0.1, -0.05) is 0 Å². The summed E-state index contributed by atoms with van der Waals surface area (Å²) < 4.78 is 10.5. The summed E-state index contributed by atoms with van der Waals surface area (Å²) in [6, 6.07) is 0.570. The van der Waals surface area contributed by atoms with Gasteiger partial charge in [-0.15, -0.1) is 0 Å². The molecule has 35 heavy (non-hydrogen) atoms. The Labute approximate surface area is 204 Å². The molecule has 3 aliphatic rings. The van der Waals surface area contributed by atoms with Crippen molar-refractivity contribution in [3.05, 3.63) is 47.2 Å². The number of imidazole rings is 1. The molecule has 1 saturated carbocycles. The zero-order valence-corrected chi connectivity index (χ0v) is 20.3. The predicted molar refractivity (Wildman–Crippen MR) is 130 cm³/mol. The van der Waals surface area contributed by atoms with Crippen LogP contribution in [0.5, 0.6) is 0 Å². The first kappa shape index (κ1) is 21.1. The Balaban J connectivity index is 1.28. The van der Waals surface area contributed by atoms with Gasteiger partial charge in [-0.2, -0.15) is 5.10 Å². The highest BCUT2D eigenvalue weighted by Gasteiger charge is 2.31. The molecule has 1 saturated heterocycles. The van der Waals surface area contributed by atoms with Crippen LogP contribution in [0.4, 0.5) is 0 Å². The van der Waals surface area contributed by atoms with Crippen molar-refractivity contribution in [2.45, 2.75) is 83.4 Å². The minimum atomic E-state index is 0.00903. The first-order valence-corrected chi connectivity index (χ1v) is 12.9. The fourth-order valence-corrected chi connectivity index (χ4v) is 5.34. The summed E-state index contributed by atoms with van der Waals surface area (Å²) in [5, 5.41) is 4.57. The van der Waals surface area contributed by atoms with Crippen molar-refractivity contribution in [2.24, 2.45) is 0 Å². The van der Waals surface area contributed by atoms with E-state index in [1.165, 1.54) is 25.7 Å². The lowest BCUT2D eigenvalue weighted by molar-refractivity contribution is 0.00396. The van der Waals surface area contributed by atoms with E-state index in [2.05, 4.69) is 26.7 Å². The van der Waals surface area contributed by atoms with E-state index in [9.17, 15) is 0 Å². The van der Waals surface area contributed by atoms with Crippen molar-refractivity contribution in [3.63, 3.8) is 0 Å². The molecule has 9 heteroatoms. The molecule has 2 atom stereocenters. The number of aromatic nitrogens is 8. The van der Waals surface area contributed by atoms with E-state index in [4.69, 9.17) is 29.7 Å². The first-order chi connectivity index (χ1) is 17.1. The molecule has 180 valence electrons. The van der Waals surface area contributed by atoms with Gasteiger partial charge < -0.3 is 9.30 Å². The van der Waals surface area contributed by atoms with Gasteiger partial charge in [0.15, 0.2) is 5.65 Å². The average Bonchev–Trinajstić information content (AvgIpc) is 3.44. The Kier molecular flexibility index (Phi) is 4.94. The summed E-state index contributed by atoms with van der Waals surface area (Å²) in [4.78, 5) is 24.7. The van der Waals surface area contributed by atoms with Gasteiger partial charge in [0.25, 0.3) is 0 Å². The largest absolute Gasteiger partial charge is 0.373 e. The molecule has 9 nitrogen and oxygen atoms in total. The molecule has 0 spiro atoms. The van der Waals surface area contributed by atoms with Gasteiger partial charge >= 0.3 is 0 Å². The molecule has 0 bridgehead atoms. The molecule has 6 heterocycles. The third-order valence-electron chi connectivity index (χ3n) is 7.67. The maximum atomic E-state index is 6.17. The number of rotatable bonds is 4. The van der Waals surface area contributed by atoms with E-state index in [1.54, 1.807) is 0 Å². The lowest BCUT2D eigenvalue weighted by Gasteiger charge is -2.28. The molecule has 7 rings (SSSR count). The zero-order valence-electron chi connectivity index (χ0n) is 20.3. The third-order valence-corrected chi connectivity index (χ3v) is 7.67. The highest BCUT2D eigenvalue weighted by molar-refractivity contribution is 5.85. The van der Waals surface area contributed by atoms with E-state index < -0.39 is 0 Å². The number of hydrogen-bond donors (Lipinski definition) is 0. The Morgan fingerprint density at radius 2 is 1.83 bits per heavy atom. The van der Waals surface area contributed by atoms with Crippen molar-refractivity contribution >= 4 is 11.2 Å². The molecule has 0 N–H and O–H groups in total. The van der Waals surface area contributed by atoms with Crippen molar-refractivity contribution < 1.29 is 4.74 Å². The van der Waals surface area contributed by atoms with Crippen LogP contribution in [0.2, 0.25) is 0 Å². The third kappa shape index (κ3) is 3.82. The predicted octanol–water partition coefficient (Wildman–Crippen LogP) is 4.40. The molecule has 1 aliphatic carbocycles. The molecule has 4 aromatic rings. The highest BCUT2D eigenvalue weighted by atomic mass is 16.5. The maximum absolute atomic E-state index is 6.17. The molecule has 2 fully saturated rings. The van der Waals surface area contributed by atoms with Crippen molar-refractivity contribution in [2.75, 3.05) is 6.61 Å². The summed E-state index contributed by atoms with van der Waals surface area (Å²) in [7, 11) is 0. The van der Waals surface area contributed by atoms with Crippen LogP contribution in [0.3, 0.4) is 0 Å². The van der Waals surface area contributed by atoms with Crippen LogP contribution in [0.25, 0.3) is 22.6 Å². The Morgan fingerprint density at radius 3 is 2.69 bits per heavy atom. The van der Waals surface area contributed by atoms with E-state index in [1.807, 2.05) is 20.0 Å². The molecule has 0 radical (unpaired) electrons. The highest BCUT2D eigenvalue weighted by Crippen LogP contribution is 2.39. The number of aryl methyl sites for hydroxylation is 4.